The minimum atomic E-state index is -4.45. The van der Waals surface area contributed by atoms with Gasteiger partial charge in [0, 0.05) is 50.6 Å². The summed E-state index contributed by atoms with van der Waals surface area (Å²) in [5.74, 6) is 1.30. The Bertz CT molecular complexity index is 946. The first-order chi connectivity index (χ1) is 15.8. The van der Waals surface area contributed by atoms with Gasteiger partial charge >= 0.3 is 6.18 Å². The number of pyridine rings is 1. The van der Waals surface area contributed by atoms with Crippen LogP contribution in [0.25, 0.3) is 0 Å². The molecule has 2 aromatic rings. The van der Waals surface area contributed by atoms with Crippen molar-refractivity contribution in [2.24, 2.45) is 0 Å². The molecule has 0 N–H and O–H groups in total. The Kier molecular flexibility index (Phi) is 7.85. The van der Waals surface area contributed by atoms with Crippen LogP contribution in [0.15, 0.2) is 30.5 Å². The summed E-state index contributed by atoms with van der Waals surface area (Å²) >= 11 is 0. The van der Waals surface area contributed by atoms with Crippen molar-refractivity contribution >= 4 is 5.91 Å². The molecule has 1 aliphatic heterocycles. The second-order valence-corrected chi connectivity index (χ2v) is 7.35. The van der Waals surface area contributed by atoms with Crippen LogP contribution in [0.5, 0.6) is 23.1 Å². The lowest BCUT2D eigenvalue weighted by molar-refractivity contribution is -0.154. The second kappa shape index (κ2) is 10.6. The van der Waals surface area contributed by atoms with Gasteiger partial charge in [-0.15, -0.1) is 0 Å². The number of halogens is 3. The maximum absolute atomic E-state index is 12.7. The predicted molar refractivity (Wildman–Crippen MR) is 113 cm³/mol. The van der Waals surface area contributed by atoms with E-state index in [0.29, 0.717) is 55.5 Å². The molecule has 1 saturated heterocycles. The smallest absolute Gasteiger partial charge is 0.422 e. The minimum absolute atomic E-state index is 0.183. The molecule has 3 rings (SSSR count). The van der Waals surface area contributed by atoms with Gasteiger partial charge in [0.05, 0.1) is 26.9 Å². The first kappa shape index (κ1) is 24.4. The summed E-state index contributed by atoms with van der Waals surface area (Å²) in [4.78, 5) is 20.4. The standard InChI is InChI=1S/C22H26F3N3O5/c1-30-17-6-4-16(19(31-2)20(17)32-3)13-27-8-10-28(11-9-27)21(29)15-5-7-18(26-12-15)33-14-22(23,24)25/h4-7,12H,8-11,13-14H2,1-3H3. The molecule has 33 heavy (non-hydrogen) atoms. The number of methoxy groups -OCH3 is 3. The molecule has 1 aromatic carbocycles. The SMILES string of the molecule is COc1ccc(CN2CCN(C(=O)c3ccc(OCC(F)(F)F)nc3)CC2)c(OC)c1OC. The van der Waals surface area contributed by atoms with Crippen molar-refractivity contribution in [3.63, 3.8) is 0 Å². The fourth-order valence-electron chi connectivity index (χ4n) is 3.57. The van der Waals surface area contributed by atoms with E-state index in [2.05, 4.69) is 14.6 Å². The molecule has 2 heterocycles. The predicted octanol–water partition coefficient (Wildman–Crippen LogP) is 3.01. The van der Waals surface area contributed by atoms with Crippen molar-refractivity contribution in [3.05, 3.63) is 41.6 Å². The molecule has 0 atom stereocenters. The normalized spacial score (nSPS) is 14.7. The average Bonchev–Trinajstić information content (AvgIpc) is 2.82. The number of nitrogens with zero attached hydrogens (tertiary/aromatic N) is 3. The zero-order valence-electron chi connectivity index (χ0n) is 18.6. The van der Waals surface area contributed by atoms with E-state index in [1.165, 1.54) is 18.3 Å². The third kappa shape index (κ3) is 6.19. The summed E-state index contributed by atoms with van der Waals surface area (Å²) in [5, 5.41) is 0. The molecule has 8 nitrogen and oxygen atoms in total. The van der Waals surface area contributed by atoms with E-state index >= 15 is 0 Å². The molecule has 1 aliphatic rings. The Morgan fingerprint density at radius 1 is 0.970 bits per heavy atom. The number of carbonyl (C=O) groups is 1. The number of hydrogen-bond acceptors (Lipinski definition) is 7. The van der Waals surface area contributed by atoms with E-state index in [-0.39, 0.29) is 11.8 Å². The van der Waals surface area contributed by atoms with Gasteiger partial charge in [0.15, 0.2) is 18.1 Å². The van der Waals surface area contributed by atoms with Gasteiger partial charge in [0.1, 0.15) is 0 Å². The van der Waals surface area contributed by atoms with Crippen LogP contribution >= 0.6 is 0 Å². The van der Waals surface area contributed by atoms with Crippen molar-refractivity contribution in [1.82, 2.24) is 14.8 Å². The van der Waals surface area contributed by atoms with Crippen molar-refractivity contribution in [3.8, 4) is 23.1 Å². The van der Waals surface area contributed by atoms with Gasteiger partial charge in [-0.3, -0.25) is 9.69 Å². The highest BCUT2D eigenvalue weighted by atomic mass is 19.4. The average molecular weight is 469 g/mol. The monoisotopic (exact) mass is 469 g/mol. The third-order valence-corrected chi connectivity index (χ3v) is 5.21. The Hall–Kier alpha value is -3.21. The van der Waals surface area contributed by atoms with Crippen molar-refractivity contribution in [2.75, 3.05) is 54.1 Å². The molecular weight excluding hydrogens is 443 g/mol. The number of carbonyl (C=O) groups excluding carboxylic acids is 1. The van der Waals surface area contributed by atoms with Crippen molar-refractivity contribution < 1.29 is 36.9 Å². The second-order valence-electron chi connectivity index (χ2n) is 7.35. The van der Waals surface area contributed by atoms with Crippen LogP contribution in [0.2, 0.25) is 0 Å². The van der Waals surface area contributed by atoms with Gasteiger partial charge in [0.2, 0.25) is 11.6 Å². The summed E-state index contributed by atoms with van der Waals surface area (Å²) in [6.45, 7) is 1.47. The topological polar surface area (TPSA) is 73.4 Å². The molecule has 0 spiro atoms. The Morgan fingerprint density at radius 2 is 1.67 bits per heavy atom. The van der Waals surface area contributed by atoms with Crippen LogP contribution in [0, 0.1) is 0 Å². The van der Waals surface area contributed by atoms with Gasteiger partial charge in [-0.25, -0.2) is 4.98 Å². The Balaban J connectivity index is 1.57. The van der Waals surface area contributed by atoms with Gasteiger partial charge in [-0.2, -0.15) is 13.2 Å². The fraction of sp³-hybridized carbons (Fsp3) is 0.455. The Labute approximate surface area is 189 Å². The molecule has 0 bridgehead atoms. The quantitative estimate of drug-likeness (QED) is 0.589. The molecule has 11 heteroatoms. The van der Waals surface area contributed by atoms with Crippen molar-refractivity contribution in [1.29, 1.82) is 0 Å². The molecule has 0 radical (unpaired) electrons. The van der Waals surface area contributed by atoms with Crippen LogP contribution in [-0.2, 0) is 6.54 Å². The highest BCUT2D eigenvalue weighted by Crippen LogP contribution is 2.40. The molecule has 0 unspecified atom stereocenters. The number of benzene rings is 1. The number of amides is 1. The Morgan fingerprint density at radius 3 is 2.21 bits per heavy atom. The lowest BCUT2D eigenvalue weighted by Gasteiger charge is -2.35. The lowest BCUT2D eigenvalue weighted by Crippen LogP contribution is -2.48. The summed E-state index contributed by atoms with van der Waals surface area (Å²) < 4.78 is 57.6. The summed E-state index contributed by atoms with van der Waals surface area (Å²) in [6.07, 6.45) is -3.22. The number of hydrogen-bond donors (Lipinski definition) is 0. The third-order valence-electron chi connectivity index (χ3n) is 5.21. The maximum Gasteiger partial charge on any atom is 0.422 e. The molecular formula is C22H26F3N3O5. The first-order valence-electron chi connectivity index (χ1n) is 10.2. The van der Waals surface area contributed by atoms with Gasteiger partial charge < -0.3 is 23.8 Å². The molecule has 1 fully saturated rings. The van der Waals surface area contributed by atoms with Crippen LogP contribution in [0.3, 0.4) is 0 Å². The maximum atomic E-state index is 12.7. The summed E-state index contributed by atoms with van der Waals surface area (Å²) in [6, 6.07) is 6.43. The van der Waals surface area contributed by atoms with E-state index in [1.54, 1.807) is 26.2 Å². The minimum Gasteiger partial charge on any atom is -0.493 e. The van der Waals surface area contributed by atoms with E-state index in [4.69, 9.17) is 14.2 Å². The zero-order chi connectivity index (χ0) is 24.0. The number of rotatable bonds is 8. The van der Waals surface area contributed by atoms with E-state index in [9.17, 15) is 18.0 Å². The molecule has 0 saturated carbocycles. The molecule has 180 valence electrons. The van der Waals surface area contributed by atoms with Crippen LogP contribution in [-0.4, -0.2) is 81.0 Å². The number of alkyl halides is 3. The fourth-order valence-corrected chi connectivity index (χ4v) is 3.57. The molecule has 1 amide bonds. The van der Waals surface area contributed by atoms with E-state index in [0.717, 1.165) is 5.56 Å². The van der Waals surface area contributed by atoms with Crippen molar-refractivity contribution in [2.45, 2.75) is 12.7 Å². The highest BCUT2D eigenvalue weighted by Gasteiger charge is 2.29. The molecule has 0 aliphatic carbocycles. The van der Waals surface area contributed by atoms with E-state index in [1.807, 2.05) is 12.1 Å². The van der Waals surface area contributed by atoms with Crippen LogP contribution in [0.4, 0.5) is 13.2 Å². The highest BCUT2D eigenvalue weighted by molar-refractivity contribution is 5.94. The van der Waals surface area contributed by atoms with Gasteiger partial charge in [-0.05, 0) is 12.1 Å². The summed E-state index contributed by atoms with van der Waals surface area (Å²) in [5.41, 5.74) is 1.23. The number of piperazine rings is 1. The summed E-state index contributed by atoms with van der Waals surface area (Å²) in [7, 11) is 4.69. The van der Waals surface area contributed by atoms with E-state index < -0.39 is 12.8 Å². The number of ether oxygens (including phenoxy) is 4. The van der Waals surface area contributed by atoms with Gasteiger partial charge in [0.25, 0.3) is 5.91 Å². The lowest BCUT2D eigenvalue weighted by atomic mass is 10.1. The van der Waals surface area contributed by atoms with Gasteiger partial charge in [-0.1, -0.05) is 6.07 Å². The zero-order valence-corrected chi connectivity index (χ0v) is 18.6. The first-order valence-corrected chi connectivity index (χ1v) is 10.2. The molecule has 1 aromatic heterocycles. The van der Waals surface area contributed by atoms with Crippen LogP contribution in [0.1, 0.15) is 15.9 Å². The van der Waals surface area contributed by atoms with Crippen LogP contribution < -0.4 is 18.9 Å². The number of aromatic nitrogens is 1. The largest absolute Gasteiger partial charge is 0.493 e.